The van der Waals surface area contributed by atoms with E-state index in [4.69, 9.17) is 18.8 Å². The summed E-state index contributed by atoms with van der Waals surface area (Å²) in [5.41, 5.74) is 14.2. The largest absolute Gasteiger partial charge is 0.455 e. The summed E-state index contributed by atoms with van der Waals surface area (Å²) in [7, 11) is 0. The Bertz CT molecular complexity index is 3160. The molecule has 8 aromatic carbocycles. The third kappa shape index (κ3) is 5.31. The predicted molar refractivity (Wildman–Crippen MR) is 229 cm³/mol. The van der Waals surface area contributed by atoms with Gasteiger partial charge in [-0.3, -0.25) is 0 Å². The van der Waals surface area contributed by atoms with Crippen LogP contribution in [0.5, 0.6) is 0 Å². The Morgan fingerprint density at radius 1 is 0.286 bits per heavy atom. The summed E-state index contributed by atoms with van der Waals surface area (Å²) in [4.78, 5) is 10.2. The Hall–Kier alpha value is -7.56. The molecule has 0 spiro atoms. The molecule has 56 heavy (non-hydrogen) atoms. The zero-order valence-electron chi connectivity index (χ0n) is 30.2. The first kappa shape index (κ1) is 31.9. The summed E-state index contributed by atoms with van der Waals surface area (Å²) >= 11 is 0. The molecule has 0 atom stereocenters. The van der Waals surface area contributed by atoms with Crippen molar-refractivity contribution < 1.29 is 8.83 Å². The van der Waals surface area contributed by atoms with Crippen LogP contribution in [0.25, 0.3) is 111 Å². The van der Waals surface area contributed by atoms with E-state index in [0.717, 1.165) is 105 Å². The van der Waals surface area contributed by atoms with Crippen LogP contribution in [0.3, 0.4) is 0 Å². The molecule has 0 aliphatic rings. The number of fused-ring (bicyclic) bond motifs is 6. The number of furan rings is 2. The molecular weight excluding hydrogens is 685 g/mol. The zero-order chi connectivity index (χ0) is 37.0. The predicted octanol–water partition coefficient (Wildman–Crippen LogP) is 14.3. The minimum Gasteiger partial charge on any atom is -0.455 e. The molecule has 0 bridgehead atoms. The van der Waals surface area contributed by atoms with E-state index in [2.05, 4.69) is 146 Å². The first-order valence-corrected chi connectivity index (χ1v) is 18.8. The molecule has 3 heterocycles. The van der Waals surface area contributed by atoms with Crippen LogP contribution in [-0.4, -0.2) is 9.97 Å². The first-order valence-electron chi connectivity index (χ1n) is 18.8. The van der Waals surface area contributed by atoms with E-state index in [9.17, 15) is 0 Å². The number of rotatable bonds is 6. The summed E-state index contributed by atoms with van der Waals surface area (Å²) in [6.45, 7) is 0. The molecule has 11 rings (SSSR count). The van der Waals surface area contributed by atoms with Crippen molar-refractivity contribution in [2.24, 2.45) is 0 Å². The molecule has 0 N–H and O–H groups in total. The van der Waals surface area contributed by atoms with Gasteiger partial charge in [-0.15, -0.1) is 0 Å². The minimum atomic E-state index is 0.664. The van der Waals surface area contributed by atoms with Gasteiger partial charge in [-0.25, -0.2) is 9.97 Å². The molecule has 4 heteroatoms. The number of nitrogens with zero attached hydrogens (tertiary/aromatic N) is 2. The van der Waals surface area contributed by atoms with Gasteiger partial charge in [0.25, 0.3) is 0 Å². The van der Waals surface area contributed by atoms with Crippen LogP contribution in [0.2, 0.25) is 0 Å². The zero-order valence-corrected chi connectivity index (χ0v) is 30.2. The molecule has 0 unspecified atom stereocenters. The van der Waals surface area contributed by atoms with Crippen molar-refractivity contribution >= 4 is 43.9 Å². The number of hydrogen-bond acceptors (Lipinski definition) is 4. The van der Waals surface area contributed by atoms with Crippen molar-refractivity contribution in [1.82, 2.24) is 9.97 Å². The number of hydrogen-bond donors (Lipinski definition) is 0. The Balaban J connectivity index is 1.11. The molecule has 0 aliphatic heterocycles. The van der Waals surface area contributed by atoms with Crippen molar-refractivity contribution in [2.75, 3.05) is 0 Å². The van der Waals surface area contributed by atoms with Crippen molar-refractivity contribution in [2.45, 2.75) is 0 Å². The van der Waals surface area contributed by atoms with Crippen molar-refractivity contribution in [3.63, 3.8) is 0 Å². The second-order valence-electron chi connectivity index (χ2n) is 14.1. The molecule has 0 amide bonds. The van der Waals surface area contributed by atoms with Crippen LogP contribution in [0.1, 0.15) is 0 Å². The second-order valence-corrected chi connectivity index (χ2v) is 14.1. The fraction of sp³-hybridized carbons (Fsp3) is 0. The molecule has 0 saturated carbocycles. The highest BCUT2D eigenvalue weighted by Gasteiger charge is 2.23. The fourth-order valence-corrected chi connectivity index (χ4v) is 8.04. The SMILES string of the molecule is c1ccc(-c2cc(-c3ccccc3)nc(-c3cccc(-c4cccc5c4oc4c(-c6ccccc6)c6oc7c(-c8ccccc8)cccc7c6cc45)c3)n2)cc1. The van der Waals surface area contributed by atoms with Crippen molar-refractivity contribution in [3.05, 3.63) is 194 Å². The Kier molecular flexibility index (Phi) is 7.46. The van der Waals surface area contributed by atoms with Gasteiger partial charge in [-0.05, 0) is 34.9 Å². The maximum Gasteiger partial charge on any atom is 0.160 e. The highest BCUT2D eigenvalue weighted by atomic mass is 16.3. The van der Waals surface area contributed by atoms with Gasteiger partial charge in [-0.1, -0.05) is 176 Å². The van der Waals surface area contributed by atoms with E-state index < -0.39 is 0 Å². The molecular formula is C52H32N2O2. The van der Waals surface area contributed by atoms with Gasteiger partial charge in [0.05, 0.1) is 17.0 Å². The molecule has 0 aliphatic carbocycles. The second kappa shape index (κ2) is 13.1. The van der Waals surface area contributed by atoms with Gasteiger partial charge in [0.2, 0.25) is 0 Å². The number of aromatic nitrogens is 2. The van der Waals surface area contributed by atoms with Crippen molar-refractivity contribution in [3.8, 4) is 67.3 Å². The van der Waals surface area contributed by atoms with Crippen LogP contribution in [0, 0.1) is 0 Å². The Morgan fingerprint density at radius 2 is 0.714 bits per heavy atom. The lowest BCUT2D eigenvalue weighted by Crippen LogP contribution is -1.96. The maximum absolute atomic E-state index is 7.05. The van der Waals surface area contributed by atoms with Crippen LogP contribution >= 0.6 is 0 Å². The summed E-state index contributed by atoms with van der Waals surface area (Å²) in [6.07, 6.45) is 0. The lowest BCUT2D eigenvalue weighted by molar-refractivity contribution is 0.659. The highest BCUT2D eigenvalue weighted by Crippen LogP contribution is 2.47. The van der Waals surface area contributed by atoms with Gasteiger partial charge in [0.1, 0.15) is 22.3 Å². The van der Waals surface area contributed by atoms with E-state index in [0.29, 0.717) is 5.82 Å². The van der Waals surface area contributed by atoms with Gasteiger partial charge < -0.3 is 8.83 Å². The summed E-state index contributed by atoms with van der Waals surface area (Å²) < 4.78 is 14.0. The van der Waals surface area contributed by atoms with E-state index in [1.54, 1.807) is 0 Å². The van der Waals surface area contributed by atoms with Crippen LogP contribution in [-0.2, 0) is 0 Å². The molecule has 0 fully saturated rings. The van der Waals surface area contributed by atoms with Gasteiger partial charge in [-0.2, -0.15) is 0 Å². The Labute approximate surface area is 323 Å². The normalized spacial score (nSPS) is 11.6. The van der Waals surface area contributed by atoms with Crippen LogP contribution in [0.4, 0.5) is 0 Å². The molecule has 4 nitrogen and oxygen atoms in total. The number of para-hydroxylation sites is 2. The number of benzene rings is 8. The lowest BCUT2D eigenvalue weighted by atomic mass is 9.96. The Morgan fingerprint density at radius 3 is 1.25 bits per heavy atom. The fourth-order valence-electron chi connectivity index (χ4n) is 8.04. The topological polar surface area (TPSA) is 52.1 Å². The van der Waals surface area contributed by atoms with Crippen molar-refractivity contribution in [1.29, 1.82) is 0 Å². The van der Waals surface area contributed by atoms with E-state index in [1.807, 2.05) is 48.5 Å². The maximum atomic E-state index is 7.05. The third-order valence-electron chi connectivity index (χ3n) is 10.7. The molecule has 262 valence electrons. The van der Waals surface area contributed by atoms with Crippen LogP contribution in [0.15, 0.2) is 203 Å². The quantitative estimate of drug-likeness (QED) is 0.172. The van der Waals surface area contributed by atoms with E-state index in [-0.39, 0.29) is 0 Å². The standard InChI is InChI=1S/C52H32N2O2/c1-5-16-33(17-6-1)39-26-14-28-41-43-31-44-42-29-15-27-40(49(42)56-51(44)47(50(43)55-48(39)41)36-22-11-4-12-23-36)37-24-13-25-38(30-37)52-53-45(34-18-7-2-8-19-34)32-46(54-52)35-20-9-3-10-21-35/h1-32H. The highest BCUT2D eigenvalue weighted by molar-refractivity contribution is 6.24. The molecule has 0 radical (unpaired) electrons. The summed E-state index contributed by atoms with van der Waals surface area (Å²) in [5, 5.41) is 4.22. The average Bonchev–Trinajstić information content (AvgIpc) is 3.85. The third-order valence-corrected chi connectivity index (χ3v) is 10.7. The van der Waals surface area contributed by atoms with Gasteiger partial charge in [0.15, 0.2) is 5.82 Å². The smallest absolute Gasteiger partial charge is 0.160 e. The van der Waals surface area contributed by atoms with Gasteiger partial charge in [0, 0.05) is 49.4 Å². The molecule has 11 aromatic rings. The summed E-state index contributed by atoms with van der Waals surface area (Å²) in [6, 6.07) is 67.0. The van der Waals surface area contributed by atoms with E-state index in [1.165, 1.54) is 0 Å². The molecule has 3 aromatic heterocycles. The van der Waals surface area contributed by atoms with Gasteiger partial charge >= 0.3 is 0 Å². The minimum absolute atomic E-state index is 0.664. The molecule has 0 saturated heterocycles. The first-order chi connectivity index (χ1) is 27.8. The summed E-state index contributed by atoms with van der Waals surface area (Å²) in [5.74, 6) is 0.664. The monoisotopic (exact) mass is 716 g/mol. The van der Waals surface area contributed by atoms with Crippen LogP contribution < -0.4 is 0 Å². The van der Waals surface area contributed by atoms with E-state index >= 15 is 0 Å². The lowest BCUT2D eigenvalue weighted by Gasteiger charge is -2.10. The average molecular weight is 717 g/mol.